The van der Waals surface area contributed by atoms with Crippen LogP contribution in [0.5, 0.6) is 0 Å². The molecule has 1 aromatic carbocycles. The first-order valence-corrected chi connectivity index (χ1v) is 9.91. The van der Waals surface area contributed by atoms with Crippen molar-refractivity contribution in [3.63, 3.8) is 0 Å². The van der Waals surface area contributed by atoms with Crippen LogP contribution in [0.25, 0.3) is 6.08 Å². The summed E-state index contributed by atoms with van der Waals surface area (Å²) in [5.74, 6) is 0.443. The molecule has 0 atom stereocenters. The number of ether oxygens (including phenoxy) is 1. The second kappa shape index (κ2) is 8.14. The van der Waals surface area contributed by atoms with Gasteiger partial charge in [0.2, 0.25) is 17.5 Å². The van der Waals surface area contributed by atoms with Crippen molar-refractivity contribution in [2.24, 2.45) is 0 Å². The number of thioether (sulfide) groups is 1. The highest BCUT2D eigenvalue weighted by Crippen LogP contribution is 2.34. The second-order valence-corrected chi connectivity index (χ2v) is 7.85. The zero-order chi connectivity index (χ0) is 19.5. The highest BCUT2D eigenvalue weighted by Gasteiger charge is 2.33. The third kappa shape index (κ3) is 3.80. The van der Waals surface area contributed by atoms with Crippen molar-refractivity contribution in [1.29, 1.82) is 5.26 Å². The fourth-order valence-corrected chi connectivity index (χ4v) is 4.18. The summed E-state index contributed by atoms with van der Waals surface area (Å²) in [6.07, 6.45) is 1.55. The van der Waals surface area contributed by atoms with Gasteiger partial charge < -0.3 is 14.1 Å². The zero-order valence-electron chi connectivity index (χ0n) is 14.8. The molecule has 142 valence electrons. The van der Waals surface area contributed by atoms with Gasteiger partial charge in [0.15, 0.2) is 0 Å². The van der Waals surface area contributed by atoms with Gasteiger partial charge in [-0.1, -0.05) is 54.3 Å². The van der Waals surface area contributed by atoms with E-state index >= 15 is 0 Å². The first-order valence-electron chi connectivity index (χ1n) is 8.68. The molecular weight excluding hydrogens is 396 g/mol. The summed E-state index contributed by atoms with van der Waals surface area (Å²) in [5, 5.41) is 9.37. The smallest absolute Gasteiger partial charge is 0.266 e. The molecule has 3 heterocycles. The largest absolute Gasteiger partial charge is 0.420 e. The number of amides is 1. The fourth-order valence-electron chi connectivity index (χ4n) is 2.96. The minimum absolute atomic E-state index is 0.191. The van der Waals surface area contributed by atoms with E-state index in [0.717, 1.165) is 5.56 Å². The van der Waals surface area contributed by atoms with Crippen LogP contribution < -0.4 is 4.90 Å². The van der Waals surface area contributed by atoms with E-state index in [1.807, 2.05) is 35.2 Å². The van der Waals surface area contributed by atoms with Crippen molar-refractivity contribution < 1.29 is 13.9 Å². The molecule has 1 amide bonds. The van der Waals surface area contributed by atoms with E-state index in [1.165, 1.54) is 11.8 Å². The molecule has 7 nitrogen and oxygen atoms in total. The van der Waals surface area contributed by atoms with Crippen LogP contribution in [0.2, 0.25) is 0 Å². The molecule has 9 heteroatoms. The third-order valence-corrected chi connectivity index (χ3v) is 5.72. The lowest BCUT2D eigenvalue weighted by Crippen LogP contribution is -2.36. The zero-order valence-corrected chi connectivity index (χ0v) is 16.5. The van der Waals surface area contributed by atoms with Gasteiger partial charge in [-0.2, -0.15) is 10.2 Å². The van der Waals surface area contributed by atoms with Gasteiger partial charge in [0.05, 0.1) is 24.7 Å². The number of anilines is 1. The van der Waals surface area contributed by atoms with Crippen LogP contribution in [-0.2, 0) is 16.1 Å². The molecule has 2 aromatic rings. The fraction of sp³-hybridized carbons (Fsp3) is 0.263. The van der Waals surface area contributed by atoms with E-state index in [9.17, 15) is 10.1 Å². The lowest BCUT2D eigenvalue weighted by molar-refractivity contribution is -0.122. The van der Waals surface area contributed by atoms with Crippen molar-refractivity contribution in [3.05, 3.63) is 52.4 Å². The molecule has 1 aromatic heterocycles. The molecule has 2 fully saturated rings. The Morgan fingerprint density at radius 1 is 1.29 bits per heavy atom. The number of oxazole rings is 1. The number of benzene rings is 1. The average Bonchev–Trinajstić information content (AvgIpc) is 3.25. The molecule has 2 saturated heterocycles. The number of rotatable bonds is 4. The van der Waals surface area contributed by atoms with E-state index in [0.29, 0.717) is 48.0 Å². The molecule has 0 radical (unpaired) electrons. The first-order chi connectivity index (χ1) is 13.7. The monoisotopic (exact) mass is 412 g/mol. The van der Waals surface area contributed by atoms with Crippen LogP contribution in [0.15, 0.2) is 39.7 Å². The van der Waals surface area contributed by atoms with E-state index in [2.05, 4.69) is 11.1 Å². The van der Waals surface area contributed by atoms with Gasteiger partial charge in [0.1, 0.15) is 10.4 Å². The summed E-state index contributed by atoms with van der Waals surface area (Å²) in [6, 6.07) is 11.7. The van der Waals surface area contributed by atoms with Gasteiger partial charge in [-0.15, -0.1) is 0 Å². The highest BCUT2D eigenvalue weighted by atomic mass is 32.2. The summed E-state index contributed by atoms with van der Waals surface area (Å²) in [4.78, 5) is 20.9. The van der Waals surface area contributed by atoms with Gasteiger partial charge in [-0.3, -0.25) is 9.69 Å². The van der Waals surface area contributed by atoms with Gasteiger partial charge in [0, 0.05) is 19.2 Å². The Bertz CT molecular complexity index is 975. The Balaban J connectivity index is 1.56. The highest BCUT2D eigenvalue weighted by molar-refractivity contribution is 8.26. The van der Waals surface area contributed by atoms with Gasteiger partial charge >= 0.3 is 0 Å². The van der Waals surface area contributed by atoms with Gasteiger partial charge in [-0.05, 0) is 5.56 Å². The molecule has 0 aliphatic carbocycles. The number of aromatic nitrogens is 1. The lowest BCUT2D eigenvalue weighted by atomic mass is 10.2. The number of hydrogen-bond donors (Lipinski definition) is 0. The maximum atomic E-state index is 12.8. The summed E-state index contributed by atoms with van der Waals surface area (Å²) >= 11 is 6.57. The first kappa shape index (κ1) is 18.7. The third-order valence-electron chi connectivity index (χ3n) is 4.34. The topological polar surface area (TPSA) is 82.6 Å². The summed E-state index contributed by atoms with van der Waals surface area (Å²) in [7, 11) is 0. The summed E-state index contributed by atoms with van der Waals surface area (Å²) in [5.41, 5.74) is 1.20. The second-order valence-electron chi connectivity index (χ2n) is 6.17. The van der Waals surface area contributed by atoms with Crippen LogP contribution in [0.4, 0.5) is 5.88 Å². The van der Waals surface area contributed by atoms with Gasteiger partial charge in [0.25, 0.3) is 5.91 Å². The maximum Gasteiger partial charge on any atom is 0.266 e. The Kier molecular flexibility index (Phi) is 5.43. The molecular formula is C19H16N4O3S2. The number of nitrogens with zero attached hydrogens (tertiary/aromatic N) is 4. The SMILES string of the molecule is N#Cc1nc(C=C2SC(=S)N(Cc3ccccc3)C2=O)oc1N1CCOCC1. The predicted octanol–water partition coefficient (Wildman–Crippen LogP) is 2.78. The Morgan fingerprint density at radius 2 is 2.04 bits per heavy atom. The van der Waals surface area contributed by atoms with E-state index in [4.69, 9.17) is 21.4 Å². The van der Waals surface area contributed by atoms with Crippen molar-refractivity contribution >= 4 is 46.2 Å². The molecule has 0 unspecified atom stereocenters. The number of hydrogen-bond acceptors (Lipinski definition) is 8. The van der Waals surface area contributed by atoms with Crippen LogP contribution in [0.3, 0.4) is 0 Å². The van der Waals surface area contributed by atoms with Gasteiger partial charge in [-0.25, -0.2) is 0 Å². The lowest BCUT2D eigenvalue weighted by Gasteiger charge is -2.25. The molecule has 0 saturated carbocycles. The van der Waals surface area contributed by atoms with Crippen LogP contribution in [0, 0.1) is 11.3 Å². The Morgan fingerprint density at radius 3 is 2.75 bits per heavy atom. The normalized spacial score (nSPS) is 18.8. The van der Waals surface area contributed by atoms with E-state index in [1.54, 1.807) is 11.0 Å². The predicted molar refractivity (Wildman–Crippen MR) is 109 cm³/mol. The number of carbonyl (C=O) groups excluding carboxylic acids is 1. The minimum atomic E-state index is -0.191. The van der Waals surface area contributed by atoms with Crippen molar-refractivity contribution in [2.75, 3.05) is 31.2 Å². The molecule has 0 bridgehead atoms. The molecule has 2 aliphatic heterocycles. The Hall–Kier alpha value is -2.67. The number of thiocarbonyl (C=S) groups is 1. The quantitative estimate of drug-likeness (QED) is 0.560. The minimum Gasteiger partial charge on any atom is -0.420 e. The number of morpholine rings is 1. The number of nitriles is 1. The van der Waals surface area contributed by atoms with E-state index < -0.39 is 0 Å². The number of carbonyl (C=O) groups is 1. The molecule has 0 spiro atoms. The van der Waals surface area contributed by atoms with Crippen LogP contribution >= 0.6 is 24.0 Å². The van der Waals surface area contributed by atoms with Crippen molar-refractivity contribution in [3.8, 4) is 6.07 Å². The van der Waals surface area contributed by atoms with Crippen LogP contribution in [0.1, 0.15) is 17.1 Å². The maximum absolute atomic E-state index is 12.8. The summed E-state index contributed by atoms with van der Waals surface area (Å²) < 4.78 is 11.6. The van der Waals surface area contributed by atoms with Crippen molar-refractivity contribution in [1.82, 2.24) is 9.88 Å². The summed E-state index contributed by atoms with van der Waals surface area (Å²) in [6.45, 7) is 2.81. The molecule has 2 aliphatic rings. The average molecular weight is 412 g/mol. The molecule has 0 N–H and O–H groups in total. The van der Waals surface area contributed by atoms with E-state index in [-0.39, 0.29) is 17.5 Å². The van der Waals surface area contributed by atoms with Crippen molar-refractivity contribution in [2.45, 2.75) is 6.54 Å². The van der Waals surface area contributed by atoms with Crippen LogP contribution in [-0.4, -0.2) is 46.4 Å². The standard InChI is InChI=1S/C19H16N4O3S2/c20-11-14-18(22-6-8-25-9-7-22)26-16(21-14)10-15-17(24)23(19(27)28-15)12-13-4-2-1-3-5-13/h1-5,10H,6-9,12H2. The Labute approximate surface area is 171 Å². The molecule has 28 heavy (non-hydrogen) atoms. The molecule has 4 rings (SSSR count).